The second-order valence-corrected chi connectivity index (χ2v) is 3.97. The monoisotopic (exact) mass is 197 g/mol. The molecule has 0 radical (unpaired) electrons. The normalized spacial score (nSPS) is 10.3. The number of anilines is 1. The Labute approximate surface area is 78.1 Å². The fraction of sp³-hybridized carbons (Fsp3) is 0.143. The molecule has 2 N–H and O–H groups in total. The molecule has 2 rings (SSSR count). The molecule has 0 aliphatic heterocycles. The minimum absolute atomic E-state index is 0.380. The highest BCUT2D eigenvalue weighted by atomic mass is 32.1. The molecule has 0 bridgehead atoms. The van der Waals surface area contributed by atoms with E-state index in [1.54, 1.807) is 11.3 Å². The van der Waals surface area contributed by atoms with E-state index in [-0.39, 0.29) is 0 Å². The molecule has 0 aliphatic rings. The number of hydrogen-bond donors (Lipinski definition) is 1. The highest BCUT2D eigenvalue weighted by Gasteiger charge is 2.01. The van der Waals surface area contributed by atoms with Crippen LogP contribution >= 0.6 is 22.9 Å². The van der Waals surface area contributed by atoms with Gasteiger partial charge in [0.15, 0.2) is 0 Å². The maximum Gasteiger partial charge on any atom is 0.232 e. The zero-order chi connectivity index (χ0) is 8.39. The molecule has 0 fully saturated rings. The third kappa shape index (κ3) is 1.62. The van der Waals surface area contributed by atoms with Crippen molar-refractivity contribution in [2.45, 2.75) is 6.42 Å². The Morgan fingerprint density at radius 3 is 3.00 bits per heavy atom. The molecule has 2 heterocycles. The molecule has 0 aromatic carbocycles. The van der Waals surface area contributed by atoms with Gasteiger partial charge in [-0.1, -0.05) is 0 Å². The number of thiophene rings is 1. The van der Waals surface area contributed by atoms with Crippen LogP contribution < -0.4 is 5.73 Å². The highest BCUT2D eigenvalue weighted by Crippen LogP contribution is 2.14. The van der Waals surface area contributed by atoms with Crippen LogP contribution in [0.15, 0.2) is 16.8 Å². The Kier molecular flexibility index (Phi) is 2.05. The van der Waals surface area contributed by atoms with E-state index in [1.807, 2.05) is 0 Å². The first-order chi connectivity index (χ1) is 5.84. The van der Waals surface area contributed by atoms with Crippen molar-refractivity contribution in [2.75, 3.05) is 5.73 Å². The second-order valence-electron chi connectivity index (χ2n) is 2.35. The quantitative estimate of drug-likeness (QED) is 0.798. The summed E-state index contributed by atoms with van der Waals surface area (Å²) in [6.45, 7) is 0. The maximum absolute atomic E-state index is 5.40. The van der Waals surface area contributed by atoms with Crippen LogP contribution in [0.3, 0.4) is 0 Å². The Morgan fingerprint density at radius 1 is 1.50 bits per heavy atom. The average molecular weight is 197 g/mol. The lowest BCUT2D eigenvalue weighted by atomic mass is 10.2. The van der Waals surface area contributed by atoms with Gasteiger partial charge in [-0.25, -0.2) is 4.98 Å². The summed E-state index contributed by atoms with van der Waals surface area (Å²) < 4.78 is 3.91. The van der Waals surface area contributed by atoms with Crippen molar-refractivity contribution in [1.82, 2.24) is 9.36 Å². The SMILES string of the molecule is Nc1nsc(Cc2ccsc2)n1. The van der Waals surface area contributed by atoms with E-state index in [4.69, 9.17) is 5.73 Å². The van der Waals surface area contributed by atoms with Crippen LogP contribution in [0.5, 0.6) is 0 Å². The Morgan fingerprint density at radius 2 is 2.42 bits per heavy atom. The molecule has 0 amide bonds. The molecule has 0 spiro atoms. The molecular weight excluding hydrogens is 190 g/mol. The maximum atomic E-state index is 5.40. The standard InChI is InChI=1S/C7H7N3S2/c8-7-9-6(12-10-7)3-5-1-2-11-4-5/h1-2,4H,3H2,(H2,8,10). The minimum atomic E-state index is 0.380. The number of nitrogens with two attached hydrogens (primary N) is 1. The van der Waals surface area contributed by atoms with Crippen LogP contribution in [-0.2, 0) is 6.42 Å². The summed E-state index contributed by atoms with van der Waals surface area (Å²) in [7, 11) is 0. The molecule has 0 atom stereocenters. The number of aromatic nitrogens is 2. The van der Waals surface area contributed by atoms with Gasteiger partial charge < -0.3 is 5.73 Å². The molecule has 12 heavy (non-hydrogen) atoms. The zero-order valence-corrected chi connectivity index (χ0v) is 7.86. The van der Waals surface area contributed by atoms with Crippen LogP contribution in [0.4, 0.5) is 5.95 Å². The van der Waals surface area contributed by atoms with Gasteiger partial charge in [0.25, 0.3) is 0 Å². The van der Waals surface area contributed by atoms with E-state index >= 15 is 0 Å². The van der Waals surface area contributed by atoms with Gasteiger partial charge >= 0.3 is 0 Å². The van der Waals surface area contributed by atoms with Gasteiger partial charge in [-0.05, 0) is 33.9 Å². The van der Waals surface area contributed by atoms with Gasteiger partial charge in [-0.15, -0.1) is 0 Å². The van der Waals surface area contributed by atoms with Crippen LogP contribution in [0, 0.1) is 0 Å². The predicted molar refractivity (Wildman–Crippen MR) is 51.4 cm³/mol. The van der Waals surface area contributed by atoms with Crippen molar-refractivity contribution >= 4 is 28.8 Å². The largest absolute Gasteiger partial charge is 0.367 e. The molecule has 2 aromatic heterocycles. The number of nitrogens with zero attached hydrogens (tertiary/aromatic N) is 2. The van der Waals surface area contributed by atoms with Crippen molar-refractivity contribution in [3.8, 4) is 0 Å². The summed E-state index contributed by atoms with van der Waals surface area (Å²) >= 11 is 3.06. The summed E-state index contributed by atoms with van der Waals surface area (Å²) in [5.41, 5.74) is 6.67. The van der Waals surface area contributed by atoms with Crippen molar-refractivity contribution < 1.29 is 0 Å². The van der Waals surface area contributed by atoms with Crippen LogP contribution in [0.25, 0.3) is 0 Å². The molecule has 5 heteroatoms. The summed E-state index contributed by atoms with van der Waals surface area (Å²) in [5, 5.41) is 5.14. The minimum Gasteiger partial charge on any atom is -0.367 e. The van der Waals surface area contributed by atoms with Crippen molar-refractivity contribution in [3.63, 3.8) is 0 Å². The van der Waals surface area contributed by atoms with E-state index in [0.29, 0.717) is 5.95 Å². The summed E-state index contributed by atoms with van der Waals surface area (Å²) in [4.78, 5) is 4.08. The zero-order valence-electron chi connectivity index (χ0n) is 6.23. The van der Waals surface area contributed by atoms with Crippen molar-refractivity contribution in [3.05, 3.63) is 27.4 Å². The lowest BCUT2D eigenvalue weighted by Crippen LogP contribution is -1.88. The van der Waals surface area contributed by atoms with E-state index in [2.05, 4.69) is 26.2 Å². The number of hydrogen-bond acceptors (Lipinski definition) is 5. The number of rotatable bonds is 2. The summed E-state index contributed by atoms with van der Waals surface area (Å²) in [5.74, 6) is 0.380. The predicted octanol–water partition coefficient (Wildman–Crippen LogP) is 1.77. The fourth-order valence-electron chi connectivity index (χ4n) is 0.908. The molecule has 2 aromatic rings. The molecular formula is C7H7N3S2. The topological polar surface area (TPSA) is 51.8 Å². The Balaban J connectivity index is 2.14. The Bertz CT molecular complexity index is 352. The van der Waals surface area contributed by atoms with Gasteiger partial charge in [0.05, 0.1) is 0 Å². The smallest absolute Gasteiger partial charge is 0.232 e. The first kappa shape index (κ1) is 7.70. The Hall–Kier alpha value is -0.940. The van der Waals surface area contributed by atoms with Gasteiger partial charge in [0, 0.05) is 6.42 Å². The lowest BCUT2D eigenvalue weighted by Gasteiger charge is -1.88. The summed E-state index contributed by atoms with van der Waals surface area (Å²) in [6.07, 6.45) is 0.846. The van der Waals surface area contributed by atoms with E-state index in [0.717, 1.165) is 11.4 Å². The van der Waals surface area contributed by atoms with Crippen molar-refractivity contribution in [2.24, 2.45) is 0 Å². The molecule has 62 valence electrons. The third-order valence-electron chi connectivity index (χ3n) is 1.42. The molecule has 0 unspecified atom stereocenters. The highest BCUT2D eigenvalue weighted by molar-refractivity contribution is 7.08. The van der Waals surface area contributed by atoms with Crippen LogP contribution in [0.2, 0.25) is 0 Å². The molecule has 0 aliphatic carbocycles. The molecule has 0 saturated carbocycles. The van der Waals surface area contributed by atoms with Gasteiger partial charge in [0.2, 0.25) is 5.95 Å². The van der Waals surface area contributed by atoms with E-state index in [9.17, 15) is 0 Å². The second kappa shape index (κ2) is 3.20. The van der Waals surface area contributed by atoms with Gasteiger partial charge in [-0.3, -0.25) is 0 Å². The first-order valence-corrected chi connectivity index (χ1v) is 5.15. The van der Waals surface area contributed by atoms with Crippen LogP contribution in [0.1, 0.15) is 10.6 Å². The van der Waals surface area contributed by atoms with Crippen molar-refractivity contribution in [1.29, 1.82) is 0 Å². The van der Waals surface area contributed by atoms with Crippen LogP contribution in [-0.4, -0.2) is 9.36 Å². The fourth-order valence-corrected chi connectivity index (χ4v) is 2.18. The molecule has 0 saturated heterocycles. The lowest BCUT2D eigenvalue weighted by molar-refractivity contribution is 1.15. The number of nitrogen functional groups attached to an aromatic ring is 1. The average Bonchev–Trinajstić information content (AvgIpc) is 2.63. The van der Waals surface area contributed by atoms with Gasteiger partial charge in [-0.2, -0.15) is 15.7 Å². The van der Waals surface area contributed by atoms with Gasteiger partial charge in [0.1, 0.15) is 5.01 Å². The van der Waals surface area contributed by atoms with E-state index in [1.165, 1.54) is 17.1 Å². The summed E-state index contributed by atoms with van der Waals surface area (Å²) in [6, 6.07) is 2.09. The third-order valence-corrected chi connectivity index (χ3v) is 2.88. The van der Waals surface area contributed by atoms with E-state index < -0.39 is 0 Å². The first-order valence-electron chi connectivity index (χ1n) is 3.44. The molecule has 3 nitrogen and oxygen atoms in total.